The molecule has 0 unspecified atom stereocenters. The number of alkyl halides is 2. The van der Waals surface area contributed by atoms with Crippen molar-refractivity contribution >= 4 is 11.7 Å². The molecule has 6 heteroatoms. The maximum Gasteiger partial charge on any atom is 0.276 e. The van der Waals surface area contributed by atoms with Gasteiger partial charge in [0.15, 0.2) is 5.78 Å². The van der Waals surface area contributed by atoms with Crippen LogP contribution in [0.25, 0.3) is 0 Å². The van der Waals surface area contributed by atoms with Gasteiger partial charge in [0.25, 0.3) is 5.92 Å². The highest BCUT2D eigenvalue weighted by molar-refractivity contribution is 5.80. The monoisotopic (exact) mass is 273 g/mol. The van der Waals surface area contributed by atoms with Crippen molar-refractivity contribution in [2.45, 2.75) is 56.1 Å². The van der Waals surface area contributed by atoms with Crippen LogP contribution in [0, 0.1) is 5.92 Å². The van der Waals surface area contributed by atoms with E-state index in [1.54, 1.807) is 0 Å². The number of ketones is 1. The smallest absolute Gasteiger partial charge is 0.276 e. The van der Waals surface area contributed by atoms with Crippen LogP contribution in [0.4, 0.5) is 8.78 Å². The maximum absolute atomic E-state index is 14.6. The minimum Gasteiger partial charge on any atom is -0.367 e. The summed E-state index contributed by atoms with van der Waals surface area (Å²) in [5.41, 5.74) is -2.21. The third kappa shape index (κ3) is 1.88. The number of carbonyl (C=O) groups excluding carboxylic acids is 2. The lowest BCUT2D eigenvalue weighted by molar-refractivity contribution is -0.144. The summed E-state index contributed by atoms with van der Waals surface area (Å²) >= 11 is 0. The lowest BCUT2D eigenvalue weighted by Crippen LogP contribution is -2.52. The van der Waals surface area contributed by atoms with Gasteiger partial charge in [-0.3, -0.25) is 9.59 Å². The van der Waals surface area contributed by atoms with Gasteiger partial charge in [0.1, 0.15) is 12.1 Å². The second kappa shape index (κ2) is 3.75. The molecule has 4 nitrogen and oxygen atoms in total. The molecule has 1 aliphatic heterocycles. The van der Waals surface area contributed by atoms with Crippen LogP contribution in [0.2, 0.25) is 0 Å². The van der Waals surface area contributed by atoms with E-state index in [9.17, 15) is 18.4 Å². The number of hydrogen-bond donors (Lipinski definition) is 1. The number of Topliss-reactive ketones (excluding diaryl/α,β-unsaturated/α-hetero) is 1. The van der Waals surface area contributed by atoms with E-state index < -0.39 is 28.9 Å². The van der Waals surface area contributed by atoms with Crippen LogP contribution in [0.15, 0.2) is 0 Å². The molecule has 3 aliphatic rings. The first-order valence-electron chi connectivity index (χ1n) is 6.64. The molecule has 2 atom stereocenters. The molecule has 3 fully saturated rings. The van der Waals surface area contributed by atoms with Gasteiger partial charge < -0.3 is 10.1 Å². The molecular weight excluding hydrogens is 256 g/mol. The predicted octanol–water partition coefficient (Wildman–Crippen LogP) is 1.43. The predicted molar refractivity (Wildman–Crippen MR) is 61.8 cm³/mol. The SMILES string of the molecule is CC(=O)NC1(C(F)(F)[C@H]2C[C@]23CCC(=O)CO3)CC1. The molecule has 0 bridgehead atoms. The third-order valence-corrected chi connectivity index (χ3v) is 4.61. The number of rotatable bonds is 3. The van der Waals surface area contributed by atoms with Gasteiger partial charge >= 0.3 is 0 Å². The Morgan fingerprint density at radius 2 is 2.11 bits per heavy atom. The summed E-state index contributed by atoms with van der Waals surface area (Å²) in [5.74, 6) is -4.28. The van der Waals surface area contributed by atoms with E-state index in [0.717, 1.165) is 0 Å². The van der Waals surface area contributed by atoms with Gasteiger partial charge in [-0.05, 0) is 25.7 Å². The molecule has 0 aromatic rings. The lowest BCUT2D eigenvalue weighted by Gasteiger charge is -2.31. The van der Waals surface area contributed by atoms with Crippen LogP contribution in [0.3, 0.4) is 0 Å². The Morgan fingerprint density at radius 1 is 1.42 bits per heavy atom. The van der Waals surface area contributed by atoms with Gasteiger partial charge in [-0.2, -0.15) is 0 Å². The Morgan fingerprint density at radius 3 is 2.58 bits per heavy atom. The number of amides is 1. The van der Waals surface area contributed by atoms with E-state index in [1.807, 2.05) is 0 Å². The molecule has 0 radical (unpaired) electrons. The van der Waals surface area contributed by atoms with Crippen molar-refractivity contribution in [1.82, 2.24) is 5.32 Å². The van der Waals surface area contributed by atoms with Crippen molar-refractivity contribution in [3.8, 4) is 0 Å². The van der Waals surface area contributed by atoms with Crippen molar-refractivity contribution in [2.75, 3.05) is 6.61 Å². The zero-order valence-electron chi connectivity index (χ0n) is 10.8. The van der Waals surface area contributed by atoms with Crippen LogP contribution in [-0.2, 0) is 14.3 Å². The minimum atomic E-state index is -2.96. The summed E-state index contributed by atoms with van der Waals surface area (Å²) in [7, 11) is 0. The van der Waals surface area contributed by atoms with Gasteiger partial charge in [0.05, 0.1) is 11.5 Å². The zero-order chi connectivity index (χ0) is 13.9. The van der Waals surface area contributed by atoms with E-state index in [1.165, 1.54) is 6.92 Å². The van der Waals surface area contributed by atoms with Gasteiger partial charge in [0, 0.05) is 13.3 Å². The molecule has 2 saturated carbocycles. The van der Waals surface area contributed by atoms with Gasteiger partial charge in [-0.1, -0.05) is 0 Å². The fourth-order valence-corrected chi connectivity index (χ4v) is 3.24. The average Bonchev–Trinajstić information content (AvgIpc) is 3.19. The fourth-order valence-electron chi connectivity index (χ4n) is 3.24. The topological polar surface area (TPSA) is 55.4 Å². The van der Waals surface area contributed by atoms with Gasteiger partial charge in [-0.15, -0.1) is 0 Å². The van der Waals surface area contributed by atoms with E-state index >= 15 is 0 Å². The Bertz CT molecular complexity index is 435. The van der Waals surface area contributed by atoms with E-state index in [0.29, 0.717) is 25.7 Å². The van der Waals surface area contributed by atoms with Crippen LogP contribution in [-0.4, -0.2) is 35.4 Å². The summed E-state index contributed by atoms with van der Waals surface area (Å²) in [4.78, 5) is 22.2. The molecule has 3 rings (SSSR count). The summed E-state index contributed by atoms with van der Waals surface area (Å²) in [5, 5.41) is 2.41. The molecule has 1 spiro atoms. The highest BCUT2D eigenvalue weighted by atomic mass is 19.3. The molecule has 106 valence electrons. The van der Waals surface area contributed by atoms with Crippen molar-refractivity contribution in [3.05, 3.63) is 0 Å². The van der Waals surface area contributed by atoms with Gasteiger partial charge in [-0.25, -0.2) is 8.78 Å². The highest BCUT2D eigenvalue weighted by Crippen LogP contribution is 2.65. The lowest BCUT2D eigenvalue weighted by atomic mass is 9.96. The first-order chi connectivity index (χ1) is 8.81. The van der Waals surface area contributed by atoms with Crippen LogP contribution >= 0.6 is 0 Å². The normalized spacial score (nSPS) is 36.2. The molecule has 0 aromatic carbocycles. The zero-order valence-corrected chi connectivity index (χ0v) is 10.8. The van der Waals surface area contributed by atoms with Crippen molar-refractivity contribution < 1.29 is 23.1 Å². The summed E-state index contributed by atoms with van der Waals surface area (Å²) in [6.07, 6.45) is 1.60. The average molecular weight is 273 g/mol. The number of hydrogen-bond acceptors (Lipinski definition) is 3. The fraction of sp³-hybridized carbons (Fsp3) is 0.846. The van der Waals surface area contributed by atoms with Crippen molar-refractivity contribution in [1.29, 1.82) is 0 Å². The first-order valence-corrected chi connectivity index (χ1v) is 6.64. The first kappa shape index (κ1) is 13.0. The Kier molecular flexibility index (Phi) is 2.56. The number of nitrogens with one attached hydrogen (secondary N) is 1. The number of ether oxygens (including phenoxy) is 1. The van der Waals surface area contributed by atoms with Crippen LogP contribution in [0.1, 0.15) is 39.0 Å². The van der Waals surface area contributed by atoms with E-state index in [4.69, 9.17) is 4.74 Å². The van der Waals surface area contributed by atoms with Gasteiger partial charge in [0.2, 0.25) is 5.91 Å². The molecule has 2 aliphatic carbocycles. The Hall–Kier alpha value is -1.04. The van der Waals surface area contributed by atoms with Crippen LogP contribution in [0.5, 0.6) is 0 Å². The Balaban J connectivity index is 1.73. The largest absolute Gasteiger partial charge is 0.367 e. The second-order valence-corrected chi connectivity index (χ2v) is 6.04. The summed E-state index contributed by atoms with van der Waals surface area (Å²) < 4.78 is 34.5. The molecular formula is C13H17F2NO3. The maximum atomic E-state index is 14.6. The Labute approximate surface area is 109 Å². The minimum absolute atomic E-state index is 0.0254. The molecule has 1 heterocycles. The van der Waals surface area contributed by atoms with Crippen molar-refractivity contribution in [3.63, 3.8) is 0 Å². The summed E-state index contributed by atoms with van der Waals surface area (Å²) in [6, 6.07) is 0. The molecule has 1 N–H and O–H groups in total. The van der Waals surface area contributed by atoms with Crippen LogP contribution < -0.4 is 5.32 Å². The highest BCUT2D eigenvalue weighted by Gasteiger charge is 2.76. The summed E-state index contributed by atoms with van der Waals surface area (Å²) in [6.45, 7) is 1.20. The number of carbonyl (C=O) groups is 2. The molecule has 0 aromatic heterocycles. The van der Waals surface area contributed by atoms with E-state index in [2.05, 4.69) is 5.32 Å². The van der Waals surface area contributed by atoms with Crippen molar-refractivity contribution in [2.24, 2.45) is 5.92 Å². The molecule has 1 amide bonds. The molecule has 19 heavy (non-hydrogen) atoms. The second-order valence-electron chi connectivity index (χ2n) is 6.04. The molecule has 1 saturated heterocycles. The van der Waals surface area contributed by atoms with E-state index in [-0.39, 0.29) is 18.8 Å². The number of halogens is 2. The third-order valence-electron chi connectivity index (χ3n) is 4.61. The standard InChI is InChI=1S/C13H17F2NO3/c1-8(17)16-12(4-5-12)13(14,15)10-6-11(10)3-2-9(18)7-19-11/h10H,2-7H2,1H3,(H,16,17)/t10-,11+/m0/s1. The quantitative estimate of drug-likeness (QED) is 0.846.